The van der Waals surface area contributed by atoms with Gasteiger partial charge in [0.05, 0.1) is 10.6 Å². The van der Waals surface area contributed by atoms with Gasteiger partial charge in [0.15, 0.2) is 0 Å². The molecule has 0 unspecified atom stereocenters. The second-order valence-electron chi connectivity index (χ2n) is 6.25. The number of carbonyl (C=O) groups is 1. The van der Waals surface area contributed by atoms with Gasteiger partial charge in [-0.3, -0.25) is 14.5 Å². The van der Waals surface area contributed by atoms with Crippen LogP contribution in [0.25, 0.3) is 5.69 Å². The zero-order valence-corrected chi connectivity index (χ0v) is 15.8. The fraction of sp³-hybridized carbons (Fsp3) is 0.105. The Kier molecular flexibility index (Phi) is 4.44. The SMILES string of the molecule is Cc1ccnn1-c1cccc(NC(=O)CN=C2NS(=O)(=O)c3ccccc32)c1. The molecule has 28 heavy (non-hydrogen) atoms. The molecule has 1 aliphatic rings. The summed E-state index contributed by atoms with van der Waals surface area (Å²) in [6.07, 6.45) is 1.71. The van der Waals surface area contributed by atoms with Crippen molar-refractivity contribution in [3.8, 4) is 5.69 Å². The number of rotatable bonds is 4. The molecule has 0 atom stereocenters. The third-order valence-corrected chi connectivity index (χ3v) is 5.65. The summed E-state index contributed by atoms with van der Waals surface area (Å²) in [4.78, 5) is 16.6. The summed E-state index contributed by atoms with van der Waals surface area (Å²) in [7, 11) is -3.62. The summed E-state index contributed by atoms with van der Waals surface area (Å²) >= 11 is 0. The Labute approximate surface area is 162 Å². The van der Waals surface area contributed by atoms with Crippen molar-refractivity contribution < 1.29 is 13.2 Å². The lowest BCUT2D eigenvalue weighted by Crippen LogP contribution is -2.24. The van der Waals surface area contributed by atoms with E-state index in [1.807, 2.05) is 25.1 Å². The number of anilines is 1. The van der Waals surface area contributed by atoms with Gasteiger partial charge in [-0.05, 0) is 43.3 Å². The maximum atomic E-state index is 12.3. The Morgan fingerprint density at radius 3 is 2.79 bits per heavy atom. The highest BCUT2D eigenvalue weighted by atomic mass is 32.2. The standard InChI is InChI=1S/C19H17N5O3S/c1-13-9-10-21-24(13)15-6-4-5-14(11-15)22-18(25)12-20-19-16-7-2-3-8-17(16)28(26,27)23-19/h2-11H,12H2,1H3,(H,20,23)(H,22,25). The van der Waals surface area contributed by atoms with Crippen molar-refractivity contribution in [2.75, 3.05) is 11.9 Å². The van der Waals surface area contributed by atoms with Crippen molar-refractivity contribution in [3.63, 3.8) is 0 Å². The molecule has 1 aliphatic heterocycles. The lowest BCUT2D eigenvalue weighted by atomic mass is 10.2. The van der Waals surface area contributed by atoms with Crippen LogP contribution in [0, 0.1) is 6.92 Å². The zero-order chi connectivity index (χ0) is 19.7. The van der Waals surface area contributed by atoms with Crippen molar-refractivity contribution >= 4 is 27.5 Å². The first kappa shape index (κ1) is 17.9. The summed E-state index contributed by atoms with van der Waals surface area (Å²) in [5.41, 5.74) is 2.86. The number of nitrogens with zero attached hydrogens (tertiary/aromatic N) is 3. The van der Waals surface area contributed by atoms with E-state index in [1.165, 1.54) is 6.07 Å². The van der Waals surface area contributed by atoms with Crippen molar-refractivity contribution in [3.05, 3.63) is 72.1 Å². The number of benzene rings is 2. The predicted octanol–water partition coefficient (Wildman–Crippen LogP) is 1.86. The van der Waals surface area contributed by atoms with Gasteiger partial charge in [0, 0.05) is 23.1 Å². The number of aliphatic imine (C=N–C) groups is 1. The Balaban J connectivity index is 1.49. The molecule has 1 amide bonds. The Morgan fingerprint density at radius 1 is 1.18 bits per heavy atom. The average Bonchev–Trinajstić information content (AvgIpc) is 3.21. The number of carbonyl (C=O) groups excluding carboxylic acids is 1. The highest BCUT2D eigenvalue weighted by Crippen LogP contribution is 2.22. The molecule has 0 radical (unpaired) electrons. The first-order valence-electron chi connectivity index (χ1n) is 8.52. The Bertz CT molecular complexity index is 1200. The molecular weight excluding hydrogens is 378 g/mol. The van der Waals surface area contributed by atoms with Crippen LogP contribution < -0.4 is 10.0 Å². The van der Waals surface area contributed by atoms with Crippen LogP contribution in [0.15, 0.2) is 70.7 Å². The molecule has 0 fully saturated rings. The number of amides is 1. The highest BCUT2D eigenvalue weighted by Gasteiger charge is 2.30. The van der Waals surface area contributed by atoms with Gasteiger partial charge >= 0.3 is 0 Å². The van der Waals surface area contributed by atoms with Crippen molar-refractivity contribution in [1.82, 2.24) is 14.5 Å². The van der Waals surface area contributed by atoms with Gasteiger partial charge in [0.2, 0.25) is 5.91 Å². The molecule has 0 saturated carbocycles. The molecule has 9 heteroatoms. The average molecular weight is 395 g/mol. The number of nitrogens with one attached hydrogen (secondary N) is 2. The first-order chi connectivity index (χ1) is 13.4. The molecule has 4 rings (SSSR count). The van der Waals surface area contributed by atoms with Crippen molar-refractivity contribution in [2.45, 2.75) is 11.8 Å². The molecule has 2 N–H and O–H groups in total. The maximum absolute atomic E-state index is 12.3. The van der Waals surface area contributed by atoms with Gasteiger partial charge in [-0.2, -0.15) is 5.10 Å². The normalized spacial score (nSPS) is 15.8. The Hall–Kier alpha value is -3.46. The van der Waals surface area contributed by atoms with E-state index in [9.17, 15) is 13.2 Å². The van der Waals surface area contributed by atoms with Gasteiger partial charge in [-0.1, -0.05) is 18.2 Å². The summed E-state index contributed by atoms with van der Waals surface area (Å²) in [6.45, 7) is 1.73. The Morgan fingerprint density at radius 2 is 2.00 bits per heavy atom. The van der Waals surface area contributed by atoms with E-state index >= 15 is 0 Å². The molecule has 142 valence electrons. The van der Waals surface area contributed by atoms with Crippen LogP contribution in [0.1, 0.15) is 11.3 Å². The van der Waals surface area contributed by atoms with Gasteiger partial charge < -0.3 is 5.32 Å². The van der Waals surface area contributed by atoms with Crippen LogP contribution in [-0.2, 0) is 14.8 Å². The highest BCUT2D eigenvalue weighted by molar-refractivity contribution is 7.90. The number of aromatic nitrogens is 2. The van der Waals surface area contributed by atoms with E-state index in [1.54, 1.807) is 41.2 Å². The molecule has 0 bridgehead atoms. The van der Waals surface area contributed by atoms with E-state index in [2.05, 4.69) is 20.1 Å². The quantitative estimate of drug-likeness (QED) is 0.703. The second-order valence-corrected chi connectivity index (χ2v) is 7.90. The number of fused-ring (bicyclic) bond motifs is 1. The molecule has 2 heterocycles. The number of hydrogen-bond acceptors (Lipinski definition) is 5. The second kappa shape index (κ2) is 6.93. The number of sulfonamides is 1. The van der Waals surface area contributed by atoms with E-state index in [-0.39, 0.29) is 23.2 Å². The number of amidine groups is 1. The van der Waals surface area contributed by atoms with E-state index in [0.717, 1.165) is 11.4 Å². The molecule has 0 saturated heterocycles. The lowest BCUT2D eigenvalue weighted by molar-refractivity contribution is -0.114. The summed E-state index contributed by atoms with van der Waals surface area (Å²) in [5.74, 6) is -0.183. The molecular formula is C19H17N5O3S. The minimum atomic E-state index is -3.62. The van der Waals surface area contributed by atoms with Gasteiger partial charge in [0.25, 0.3) is 10.0 Å². The molecule has 0 aliphatic carbocycles. The summed E-state index contributed by atoms with van der Waals surface area (Å²) in [6, 6.07) is 15.7. The van der Waals surface area contributed by atoms with Crippen molar-refractivity contribution in [1.29, 1.82) is 0 Å². The van der Waals surface area contributed by atoms with E-state index in [4.69, 9.17) is 0 Å². The van der Waals surface area contributed by atoms with Gasteiger partial charge in [0.1, 0.15) is 12.4 Å². The van der Waals surface area contributed by atoms with E-state index in [0.29, 0.717) is 11.3 Å². The summed E-state index contributed by atoms with van der Waals surface area (Å²) in [5, 5.41) is 7.01. The molecule has 1 aromatic heterocycles. The van der Waals surface area contributed by atoms with Gasteiger partial charge in [-0.15, -0.1) is 0 Å². The molecule has 0 spiro atoms. The fourth-order valence-corrected chi connectivity index (χ4v) is 4.21. The molecule has 2 aromatic carbocycles. The molecule has 3 aromatic rings. The smallest absolute Gasteiger partial charge is 0.263 e. The van der Waals surface area contributed by atoms with Gasteiger partial charge in [-0.25, -0.2) is 13.1 Å². The maximum Gasteiger partial charge on any atom is 0.263 e. The van der Waals surface area contributed by atoms with Crippen LogP contribution in [0.3, 0.4) is 0 Å². The van der Waals surface area contributed by atoms with Crippen LogP contribution >= 0.6 is 0 Å². The minimum absolute atomic E-state index is 0.163. The fourth-order valence-electron chi connectivity index (χ4n) is 2.96. The van der Waals surface area contributed by atoms with Crippen molar-refractivity contribution in [2.24, 2.45) is 4.99 Å². The third-order valence-electron chi connectivity index (χ3n) is 4.25. The van der Waals surface area contributed by atoms with Crippen LogP contribution in [0.2, 0.25) is 0 Å². The predicted molar refractivity (Wildman–Crippen MR) is 105 cm³/mol. The van der Waals surface area contributed by atoms with Crippen LogP contribution in [0.5, 0.6) is 0 Å². The number of aryl methyl sites for hydroxylation is 1. The monoisotopic (exact) mass is 395 g/mol. The number of hydrogen-bond donors (Lipinski definition) is 2. The van der Waals surface area contributed by atoms with Crippen LogP contribution in [0.4, 0.5) is 5.69 Å². The topological polar surface area (TPSA) is 105 Å². The summed E-state index contributed by atoms with van der Waals surface area (Å²) < 4.78 is 28.3. The largest absolute Gasteiger partial charge is 0.324 e. The zero-order valence-electron chi connectivity index (χ0n) is 15.0. The minimum Gasteiger partial charge on any atom is -0.324 e. The van der Waals surface area contributed by atoms with Crippen LogP contribution in [-0.4, -0.2) is 36.5 Å². The first-order valence-corrected chi connectivity index (χ1v) is 10.00. The van der Waals surface area contributed by atoms with E-state index < -0.39 is 10.0 Å². The third kappa shape index (κ3) is 3.39. The lowest BCUT2D eigenvalue weighted by Gasteiger charge is -2.08. The molecule has 8 nitrogen and oxygen atoms in total.